The minimum absolute atomic E-state index is 0.121. The minimum atomic E-state index is -0.861. The average Bonchev–Trinajstić information content (AvgIpc) is 2.29. The van der Waals surface area contributed by atoms with E-state index in [9.17, 15) is 4.79 Å². The molecule has 0 unspecified atom stereocenters. The van der Waals surface area contributed by atoms with Crippen LogP contribution in [0.25, 0.3) is 0 Å². The largest absolute Gasteiger partial charge is 0.383 e. The highest BCUT2D eigenvalue weighted by atomic mass is 16.5. The fourth-order valence-corrected chi connectivity index (χ4v) is 2.09. The van der Waals surface area contributed by atoms with Crippen LogP contribution in [0, 0.1) is 6.92 Å². The van der Waals surface area contributed by atoms with Crippen LogP contribution in [0.4, 0.5) is 5.82 Å². The van der Waals surface area contributed by atoms with Crippen LogP contribution in [-0.4, -0.2) is 29.5 Å². The van der Waals surface area contributed by atoms with Gasteiger partial charge in [-0.3, -0.25) is 4.79 Å². The van der Waals surface area contributed by atoms with Gasteiger partial charge in [0.1, 0.15) is 5.82 Å². The van der Waals surface area contributed by atoms with Crippen molar-refractivity contribution in [3.05, 3.63) is 23.4 Å². The topological polar surface area (TPSA) is 91.2 Å². The van der Waals surface area contributed by atoms with Gasteiger partial charge in [0, 0.05) is 19.4 Å². The van der Waals surface area contributed by atoms with Crippen molar-refractivity contribution in [3.8, 4) is 0 Å². The predicted octanol–water partition coefficient (Wildman–Crippen LogP) is 0.663. The summed E-state index contributed by atoms with van der Waals surface area (Å²) in [5.41, 5.74) is 12.3. The number of ether oxygens (including phenoxy) is 1. The van der Waals surface area contributed by atoms with Crippen LogP contribution in [0.2, 0.25) is 0 Å². The second kappa shape index (κ2) is 4.43. The number of pyridine rings is 1. The fraction of sp³-hybridized carbons (Fsp3) is 0.500. The molecule has 17 heavy (non-hydrogen) atoms. The summed E-state index contributed by atoms with van der Waals surface area (Å²) >= 11 is 0. The molecule has 1 aromatic rings. The fourth-order valence-electron chi connectivity index (χ4n) is 2.09. The molecule has 5 nitrogen and oxygen atoms in total. The molecule has 1 aromatic heterocycles. The summed E-state index contributed by atoms with van der Waals surface area (Å²) in [6.45, 7) is 2.87. The first-order chi connectivity index (χ1) is 8.04. The molecule has 0 aromatic carbocycles. The molecule has 1 saturated heterocycles. The molecule has 0 atom stereocenters. The number of hydrogen-bond acceptors (Lipinski definition) is 5. The number of rotatable bonds is 2. The molecule has 0 amide bonds. The van der Waals surface area contributed by atoms with Gasteiger partial charge in [-0.15, -0.1) is 0 Å². The number of nitrogens with zero attached hydrogens (tertiary/aromatic N) is 1. The molecule has 0 spiro atoms. The molecule has 0 saturated carbocycles. The molecule has 4 N–H and O–H groups in total. The van der Waals surface area contributed by atoms with Crippen molar-refractivity contribution in [1.29, 1.82) is 0 Å². The van der Waals surface area contributed by atoms with E-state index in [2.05, 4.69) is 4.98 Å². The zero-order valence-electron chi connectivity index (χ0n) is 9.90. The van der Waals surface area contributed by atoms with E-state index in [1.54, 1.807) is 12.3 Å². The number of carbonyl (C=O) groups excluding carboxylic acids is 1. The van der Waals surface area contributed by atoms with E-state index in [0.29, 0.717) is 31.6 Å². The third-order valence-electron chi connectivity index (χ3n) is 3.25. The summed E-state index contributed by atoms with van der Waals surface area (Å²) in [6.07, 6.45) is 2.65. The third kappa shape index (κ3) is 2.16. The number of nitrogens with two attached hydrogens (primary N) is 2. The Kier molecular flexibility index (Phi) is 3.13. The molecule has 2 rings (SSSR count). The first-order valence-electron chi connectivity index (χ1n) is 5.67. The predicted molar refractivity (Wildman–Crippen MR) is 64.7 cm³/mol. The van der Waals surface area contributed by atoms with Gasteiger partial charge in [0.2, 0.25) is 0 Å². The molecule has 1 fully saturated rings. The van der Waals surface area contributed by atoms with E-state index < -0.39 is 5.54 Å². The van der Waals surface area contributed by atoms with Gasteiger partial charge in [0.05, 0.1) is 11.1 Å². The second-order valence-electron chi connectivity index (χ2n) is 4.49. The summed E-state index contributed by atoms with van der Waals surface area (Å²) in [6, 6.07) is 1.77. The van der Waals surface area contributed by atoms with Crippen LogP contribution >= 0.6 is 0 Å². The van der Waals surface area contributed by atoms with Gasteiger partial charge in [0.25, 0.3) is 0 Å². The standard InChI is InChI=1S/C12H17N3O2/c1-8-2-5-15-11(13)9(8)10(16)12(14)3-6-17-7-4-12/h2,5H,3-4,6-7,14H2,1H3,(H2,13,15). The lowest BCUT2D eigenvalue weighted by molar-refractivity contribution is 0.0448. The van der Waals surface area contributed by atoms with Gasteiger partial charge in [-0.2, -0.15) is 0 Å². The monoisotopic (exact) mass is 235 g/mol. The van der Waals surface area contributed by atoms with Gasteiger partial charge < -0.3 is 16.2 Å². The highest BCUT2D eigenvalue weighted by molar-refractivity contribution is 6.07. The van der Waals surface area contributed by atoms with E-state index in [0.717, 1.165) is 5.56 Å². The number of nitrogen functional groups attached to an aromatic ring is 1. The Morgan fingerprint density at radius 3 is 2.71 bits per heavy atom. The molecule has 1 aliphatic heterocycles. The van der Waals surface area contributed by atoms with Gasteiger partial charge in [-0.1, -0.05) is 0 Å². The maximum Gasteiger partial charge on any atom is 0.186 e. The van der Waals surface area contributed by atoms with Gasteiger partial charge >= 0.3 is 0 Å². The molecule has 0 bridgehead atoms. The summed E-state index contributed by atoms with van der Waals surface area (Å²) < 4.78 is 5.23. The van der Waals surface area contributed by atoms with Crippen molar-refractivity contribution in [2.45, 2.75) is 25.3 Å². The molecular formula is C12H17N3O2. The van der Waals surface area contributed by atoms with E-state index in [4.69, 9.17) is 16.2 Å². The number of aryl methyl sites for hydroxylation is 1. The summed E-state index contributed by atoms with van der Waals surface area (Å²) in [7, 11) is 0. The first-order valence-corrected chi connectivity index (χ1v) is 5.67. The highest BCUT2D eigenvalue weighted by Crippen LogP contribution is 2.26. The molecular weight excluding hydrogens is 218 g/mol. The van der Waals surface area contributed by atoms with Gasteiger partial charge in [0.15, 0.2) is 5.78 Å². The van der Waals surface area contributed by atoms with Gasteiger partial charge in [-0.05, 0) is 31.4 Å². The maximum atomic E-state index is 12.5. The lowest BCUT2D eigenvalue weighted by Crippen LogP contribution is -2.52. The molecule has 0 aliphatic carbocycles. The Balaban J connectivity index is 2.36. The van der Waals surface area contributed by atoms with Crippen LogP contribution in [0.3, 0.4) is 0 Å². The average molecular weight is 235 g/mol. The lowest BCUT2D eigenvalue weighted by Gasteiger charge is -2.32. The summed E-state index contributed by atoms with van der Waals surface area (Å²) in [5, 5.41) is 0. The second-order valence-corrected chi connectivity index (χ2v) is 4.49. The number of hydrogen-bond donors (Lipinski definition) is 2. The molecule has 5 heteroatoms. The number of carbonyl (C=O) groups is 1. The smallest absolute Gasteiger partial charge is 0.186 e. The Morgan fingerprint density at radius 2 is 2.12 bits per heavy atom. The normalized spacial score (nSPS) is 18.9. The van der Waals surface area contributed by atoms with Crippen molar-refractivity contribution in [3.63, 3.8) is 0 Å². The lowest BCUT2D eigenvalue weighted by atomic mass is 9.82. The SMILES string of the molecule is Cc1ccnc(N)c1C(=O)C1(N)CCOCC1. The van der Waals surface area contributed by atoms with Crippen molar-refractivity contribution >= 4 is 11.6 Å². The highest BCUT2D eigenvalue weighted by Gasteiger charge is 2.38. The zero-order chi connectivity index (χ0) is 12.5. The first kappa shape index (κ1) is 12.0. The van der Waals surface area contributed by atoms with Crippen LogP contribution < -0.4 is 11.5 Å². The van der Waals surface area contributed by atoms with Crippen LogP contribution in [-0.2, 0) is 4.74 Å². The van der Waals surface area contributed by atoms with Crippen molar-refractivity contribution in [1.82, 2.24) is 4.98 Å². The van der Waals surface area contributed by atoms with E-state index in [1.165, 1.54) is 0 Å². The molecule has 92 valence electrons. The Labute approximate surface area is 100 Å². The van der Waals surface area contributed by atoms with Crippen LogP contribution in [0.15, 0.2) is 12.3 Å². The molecule has 0 radical (unpaired) electrons. The number of aromatic nitrogens is 1. The zero-order valence-corrected chi connectivity index (χ0v) is 9.90. The minimum Gasteiger partial charge on any atom is -0.383 e. The molecule has 1 aliphatic rings. The number of Topliss-reactive ketones (excluding diaryl/α,β-unsaturated/α-hetero) is 1. The number of ketones is 1. The van der Waals surface area contributed by atoms with E-state index in [-0.39, 0.29) is 11.6 Å². The van der Waals surface area contributed by atoms with E-state index >= 15 is 0 Å². The molecule has 2 heterocycles. The number of anilines is 1. The third-order valence-corrected chi connectivity index (χ3v) is 3.25. The summed E-state index contributed by atoms with van der Waals surface area (Å²) in [5.74, 6) is 0.134. The van der Waals surface area contributed by atoms with Crippen molar-refractivity contribution in [2.75, 3.05) is 18.9 Å². The van der Waals surface area contributed by atoms with Crippen LogP contribution in [0.1, 0.15) is 28.8 Å². The van der Waals surface area contributed by atoms with Crippen molar-refractivity contribution < 1.29 is 9.53 Å². The summed E-state index contributed by atoms with van der Waals surface area (Å²) in [4.78, 5) is 16.4. The van der Waals surface area contributed by atoms with Crippen LogP contribution in [0.5, 0.6) is 0 Å². The Hall–Kier alpha value is -1.46. The maximum absolute atomic E-state index is 12.5. The Morgan fingerprint density at radius 1 is 1.47 bits per heavy atom. The Bertz CT molecular complexity index is 419. The quantitative estimate of drug-likeness (QED) is 0.735. The van der Waals surface area contributed by atoms with E-state index in [1.807, 2.05) is 6.92 Å². The van der Waals surface area contributed by atoms with Gasteiger partial charge in [-0.25, -0.2) is 4.98 Å². The van der Waals surface area contributed by atoms with Crippen molar-refractivity contribution in [2.24, 2.45) is 5.73 Å².